The third-order valence-corrected chi connectivity index (χ3v) is 14.3. The molecule has 74 heavy (non-hydrogen) atoms. The first-order chi connectivity index (χ1) is 36.5. The van der Waals surface area contributed by atoms with Crippen molar-refractivity contribution in [2.45, 2.75) is 341 Å². The fraction of sp³-hybridized carbons (Fsp3) is 0.809. The standard InChI is InChI=1S/C68H122O6/c1-4-7-10-13-16-18-20-22-24-26-27-28-29-30-31-32-33-34-35-36-37-38-39-40-41-43-44-46-48-50-52-55-58-61-67(70)73-64-65(63-72-66(69)60-57-54-15-12-9-6-3)74-68(71)62-59-56-53-51-49-47-45-42-25-23-21-19-17-14-11-8-5-2/h7,10,16,18,22-25,27-28,65H,4-6,8-9,11-15,17,19-21,26,29-64H2,1-3H3/b10-7-,18-16-,24-22-,25-23-,28-27-. The fourth-order valence-electron chi connectivity index (χ4n) is 9.43. The van der Waals surface area contributed by atoms with E-state index in [1.165, 1.54) is 212 Å². The monoisotopic (exact) mass is 1030 g/mol. The van der Waals surface area contributed by atoms with Gasteiger partial charge in [-0.05, 0) is 83.5 Å². The minimum Gasteiger partial charge on any atom is -0.462 e. The van der Waals surface area contributed by atoms with Crippen LogP contribution in [0.25, 0.3) is 0 Å². The van der Waals surface area contributed by atoms with Gasteiger partial charge in [-0.2, -0.15) is 0 Å². The summed E-state index contributed by atoms with van der Waals surface area (Å²) in [6.07, 6.45) is 79.9. The van der Waals surface area contributed by atoms with Crippen molar-refractivity contribution in [3.63, 3.8) is 0 Å². The van der Waals surface area contributed by atoms with Gasteiger partial charge in [0.2, 0.25) is 0 Å². The molecule has 6 nitrogen and oxygen atoms in total. The Morgan fingerprint density at radius 3 is 0.838 bits per heavy atom. The van der Waals surface area contributed by atoms with Crippen LogP contribution in [0.2, 0.25) is 0 Å². The van der Waals surface area contributed by atoms with Crippen LogP contribution in [0.3, 0.4) is 0 Å². The summed E-state index contributed by atoms with van der Waals surface area (Å²) in [6.45, 7) is 6.50. The Morgan fingerprint density at radius 1 is 0.284 bits per heavy atom. The molecule has 0 radical (unpaired) electrons. The first-order valence-electron chi connectivity index (χ1n) is 32.3. The number of hydrogen-bond acceptors (Lipinski definition) is 6. The molecule has 0 aliphatic rings. The number of ether oxygens (including phenoxy) is 3. The Kier molecular flexibility index (Phi) is 60.2. The van der Waals surface area contributed by atoms with Crippen LogP contribution in [0, 0.1) is 0 Å². The normalized spacial score (nSPS) is 12.4. The van der Waals surface area contributed by atoms with Gasteiger partial charge in [-0.1, -0.05) is 293 Å². The molecule has 0 aromatic rings. The average molecular weight is 1040 g/mol. The Hall–Kier alpha value is -2.89. The van der Waals surface area contributed by atoms with Crippen molar-refractivity contribution in [1.29, 1.82) is 0 Å². The summed E-state index contributed by atoms with van der Waals surface area (Å²) in [6, 6.07) is 0. The van der Waals surface area contributed by atoms with E-state index in [9.17, 15) is 14.4 Å². The van der Waals surface area contributed by atoms with Crippen LogP contribution >= 0.6 is 0 Å². The lowest BCUT2D eigenvalue weighted by Crippen LogP contribution is -2.30. The van der Waals surface area contributed by atoms with Crippen LogP contribution in [0.15, 0.2) is 60.8 Å². The van der Waals surface area contributed by atoms with Crippen molar-refractivity contribution in [2.75, 3.05) is 13.2 Å². The molecule has 0 saturated carbocycles. The molecule has 0 bridgehead atoms. The smallest absolute Gasteiger partial charge is 0.306 e. The maximum absolute atomic E-state index is 12.8. The van der Waals surface area contributed by atoms with Crippen LogP contribution < -0.4 is 0 Å². The van der Waals surface area contributed by atoms with Crippen molar-refractivity contribution in [2.24, 2.45) is 0 Å². The van der Waals surface area contributed by atoms with Crippen molar-refractivity contribution in [3.05, 3.63) is 60.8 Å². The van der Waals surface area contributed by atoms with Gasteiger partial charge in [0.15, 0.2) is 6.10 Å². The zero-order valence-electron chi connectivity index (χ0n) is 49.4. The second kappa shape index (κ2) is 62.6. The second-order valence-electron chi connectivity index (χ2n) is 21.6. The van der Waals surface area contributed by atoms with Gasteiger partial charge in [-0.3, -0.25) is 14.4 Å². The van der Waals surface area contributed by atoms with E-state index in [0.29, 0.717) is 19.3 Å². The first kappa shape index (κ1) is 71.1. The molecular formula is C68H122O6. The van der Waals surface area contributed by atoms with E-state index in [4.69, 9.17) is 14.2 Å². The molecule has 0 heterocycles. The summed E-state index contributed by atoms with van der Waals surface area (Å²) in [7, 11) is 0. The lowest BCUT2D eigenvalue weighted by atomic mass is 10.0. The predicted molar refractivity (Wildman–Crippen MR) is 321 cm³/mol. The molecule has 0 aliphatic carbocycles. The summed E-state index contributed by atoms with van der Waals surface area (Å²) in [5.74, 6) is -0.868. The maximum atomic E-state index is 12.8. The number of rotatable bonds is 59. The number of carbonyl (C=O) groups is 3. The lowest BCUT2D eigenvalue weighted by molar-refractivity contribution is -0.167. The van der Waals surface area contributed by atoms with Crippen molar-refractivity contribution >= 4 is 17.9 Å². The Balaban J connectivity index is 3.95. The van der Waals surface area contributed by atoms with Crippen LogP contribution in [-0.2, 0) is 28.6 Å². The van der Waals surface area contributed by atoms with E-state index in [1.807, 2.05) is 0 Å². The van der Waals surface area contributed by atoms with Crippen molar-refractivity contribution in [3.8, 4) is 0 Å². The van der Waals surface area contributed by atoms with E-state index < -0.39 is 6.10 Å². The number of unbranched alkanes of at least 4 members (excludes halogenated alkanes) is 38. The van der Waals surface area contributed by atoms with Gasteiger partial charge in [0.05, 0.1) is 0 Å². The number of hydrogen-bond donors (Lipinski definition) is 0. The zero-order chi connectivity index (χ0) is 53.6. The predicted octanol–water partition coefficient (Wildman–Crippen LogP) is 21.9. The highest BCUT2D eigenvalue weighted by molar-refractivity contribution is 5.71. The van der Waals surface area contributed by atoms with Crippen LogP contribution in [0.5, 0.6) is 0 Å². The summed E-state index contributed by atoms with van der Waals surface area (Å²) in [4.78, 5) is 38.0. The lowest BCUT2D eigenvalue weighted by Gasteiger charge is -2.18. The molecule has 430 valence electrons. The van der Waals surface area contributed by atoms with Gasteiger partial charge in [0.25, 0.3) is 0 Å². The van der Waals surface area contributed by atoms with Gasteiger partial charge in [0, 0.05) is 19.3 Å². The fourth-order valence-corrected chi connectivity index (χ4v) is 9.43. The van der Waals surface area contributed by atoms with Crippen LogP contribution in [-0.4, -0.2) is 37.2 Å². The molecule has 1 unspecified atom stereocenters. The SMILES string of the molecule is CC/C=C\C/C=C\C/C=C\C/C=C\CCCCCCCCCCCCCCCCCCCCCCC(=O)OCC(COC(=O)CCCCCCCC)OC(=O)CCCCCCCCC/C=C\CCCCCCCC. The van der Waals surface area contributed by atoms with E-state index in [2.05, 4.69) is 81.5 Å². The maximum Gasteiger partial charge on any atom is 0.306 e. The largest absolute Gasteiger partial charge is 0.462 e. The van der Waals surface area contributed by atoms with E-state index in [1.54, 1.807) is 0 Å². The first-order valence-corrected chi connectivity index (χ1v) is 32.3. The number of carbonyl (C=O) groups excluding carboxylic acids is 3. The second-order valence-corrected chi connectivity index (χ2v) is 21.6. The van der Waals surface area contributed by atoms with Crippen LogP contribution in [0.4, 0.5) is 0 Å². The van der Waals surface area contributed by atoms with Crippen molar-refractivity contribution < 1.29 is 28.6 Å². The van der Waals surface area contributed by atoms with E-state index in [0.717, 1.165) is 83.5 Å². The molecule has 0 aromatic carbocycles. The molecule has 0 N–H and O–H groups in total. The molecule has 0 aromatic heterocycles. The third kappa shape index (κ3) is 60.0. The minimum absolute atomic E-state index is 0.0710. The highest BCUT2D eigenvalue weighted by Crippen LogP contribution is 2.17. The van der Waals surface area contributed by atoms with Gasteiger partial charge in [-0.15, -0.1) is 0 Å². The van der Waals surface area contributed by atoms with Crippen molar-refractivity contribution in [1.82, 2.24) is 0 Å². The molecule has 0 spiro atoms. The molecule has 0 saturated heterocycles. The minimum atomic E-state index is -0.770. The van der Waals surface area contributed by atoms with Gasteiger partial charge in [-0.25, -0.2) is 0 Å². The summed E-state index contributed by atoms with van der Waals surface area (Å²) in [5, 5.41) is 0. The number of allylic oxidation sites excluding steroid dienone is 10. The highest BCUT2D eigenvalue weighted by Gasteiger charge is 2.19. The van der Waals surface area contributed by atoms with Gasteiger partial charge < -0.3 is 14.2 Å². The topological polar surface area (TPSA) is 78.9 Å². The average Bonchev–Trinajstić information content (AvgIpc) is 3.40. The highest BCUT2D eigenvalue weighted by atomic mass is 16.6. The van der Waals surface area contributed by atoms with Gasteiger partial charge in [0.1, 0.15) is 13.2 Å². The molecule has 0 aliphatic heterocycles. The molecule has 0 fully saturated rings. The third-order valence-electron chi connectivity index (χ3n) is 14.3. The Bertz CT molecular complexity index is 1330. The molecule has 6 heteroatoms. The Morgan fingerprint density at radius 2 is 0.527 bits per heavy atom. The van der Waals surface area contributed by atoms with E-state index >= 15 is 0 Å². The van der Waals surface area contributed by atoms with Gasteiger partial charge >= 0.3 is 17.9 Å². The molecular weight excluding hydrogens is 913 g/mol. The zero-order valence-corrected chi connectivity index (χ0v) is 49.4. The summed E-state index contributed by atoms with van der Waals surface area (Å²) >= 11 is 0. The molecule has 1 atom stereocenters. The summed E-state index contributed by atoms with van der Waals surface area (Å²) < 4.78 is 16.8. The quantitative estimate of drug-likeness (QED) is 0.0261. The van der Waals surface area contributed by atoms with E-state index in [-0.39, 0.29) is 31.1 Å². The molecule has 0 amide bonds. The Labute approximate surface area is 460 Å². The molecule has 0 rings (SSSR count). The number of esters is 3. The summed E-state index contributed by atoms with van der Waals surface area (Å²) in [5.41, 5.74) is 0. The van der Waals surface area contributed by atoms with Crippen LogP contribution in [0.1, 0.15) is 335 Å².